The molecule has 2 rings (SSSR count). The number of hydrogen-bond acceptors (Lipinski definition) is 4. The number of aromatic nitrogens is 1. The maximum Gasteiger partial charge on any atom is 0.252 e. The lowest BCUT2D eigenvalue weighted by atomic mass is 10.1. The first-order valence-electron chi connectivity index (χ1n) is 5.99. The van der Waals surface area contributed by atoms with Crippen molar-refractivity contribution >= 4 is 11.7 Å². The molecule has 1 fully saturated rings. The number of hydrogen-bond donors (Lipinski definition) is 3. The zero-order valence-electron chi connectivity index (χ0n) is 9.78. The maximum absolute atomic E-state index is 11.3. The van der Waals surface area contributed by atoms with Gasteiger partial charge in [0.05, 0.1) is 5.56 Å². The number of anilines is 1. The summed E-state index contributed by atoms with van der Waals surface area (Å²) in [5, 5.41) is 6.66. The Hall–Kier alpha value is -1.62. The van der Waals surface area contributed by atoms with Crippen molar-refractivity contribution in [1.29, 1.82) is 0 Å². The lowest BCUT2D eigenvalue weighted by Gasteiger charge is -2.18. The average molecular weight is 234 g/mol. The van der Waals surface area contributed by atoms with Gasteiger partial charge in [-0.3, -0.25) is 4.79 Å². The summed E-state index contributed by atoms with van der Waals surface area (Å²) in [6, 6.07) is 3.73. The van der Waals surface area contributed by atoms with Crippen molar-refractivity contribution in [1.82, 2.24) is 10.3 Å². The van der Waals surface area contributed by atoms with E-state index in [0.29, 0.717) is 17.4 Å². The highest BCUT2D eigenvalue weighted by Gasteiger charge is 2.15. The summed E-state index contributed by atoms with van der Waals surface area (Å²) in [5.74, 6) is 0.149. The van der Waals surface area contributed by atoms with Crippen LogP contribution in [-0.2, 0) is 0 Å². The van der Waals surface area contributed by atoms with Gasteiger partial charge >= 0.3 is 0 Å². The molecule has 1 aromatic heterocycles. The molecule has 5 nitrogen and oxygen atoms in total. The van der Waals surface area contributed by atoms with Gasteiger partial charge in [0, 0.05) is 18.8 Å². The molecular formula is C12H18N4O. The number of carbonyl (C=O) groups excluding carboxylic acids is 1. The third-order valence-electron chi connectivity index (χ3n) is 2.96. The molecule has 1 amide bonds. The number of rotatable bonds is 3. The Morgan fingerprint density at radius 1 is 1.53 bits per heavy atom. The standard InChI is InChI=1S/C12H18N4O/c13-11(17)10-5-3-7-15-12(10)16-9-4-1-2-6-14-8-9/h3,5,7,9,14H,1-2,4,6,8H2,(H2,13,17)(H,15,16). The van der Waals surface area contributed by atoms with Gasteiger partial charge < -0.3 is 16.4 Å². The minimum atomic E-state index is -0.442. The van der Waals surface area contributed by atoms with Crippen LogP contribution in [0.1, 0.15) is 29.6 Å². The second-order valence-electron chi connectivity index (χ2n) is 4.30. The van der Waals surface area contributed by atoms with Crippen LogP contribution in [-0.4, -0.2) is 30.0 Å². The molecule has 0 radical (unpaired) electrons. The first-order chi connectivity index (χ1) is 8.27. The van der Waals surface area contributed by atoms with Gasteiger partial charge in [-0.1, -0.05) is 6.42 Å². The predicted molar refractivity (Wildman–Crippen MR) is 66.9 cm³/mol. The van der Waals surface area contributed by atoms with E-state index in [1.165, 1.54) is 12.8 Å². The first-order valence-corrected chi connectivity index (χ1v) is 5.99. The second kappa shape index (κ2) is 5.63. The van der Waals surface area contributed by atoms with Gasteiger partial charge in [-0.2, -0.15) is 0 Å². The summed E-state index contributed by atoms with van der Waals surface area (Å²) in [4.78, 5) is 15.4. The largest absolute Gasteiger partial charge is 0.365 e. The Kier molecular flexibility index (Phi) is 3.93. The normalized spacial score (nSPS) is 20.6. The third kappa shape index (κ3) is 3.17. The number of nitrogens with one attached hydrogen (secondary N) is 2. The zero-order valence-corrected chi connectivity index (χ0v) is 9.78. The Morgan fingerprint density at radius 3 is 3.24 bits per heavy atom. The molecule has 1 saturated heterocycles. The second-order valence-corrected chi connectivity index (χ2v) is 4.30. The summed E-state index contributed by atoms with van der Waals surface area (Å²) in [6.07, 6.45) is 5.13. The van der Waals surface area contributed by atoms with Crippen molar-refractivity contribution in [2.75, 3.05) is 18.4 Å². The van der Waals surface area contributed by atoms with Crippen molar-refractivity contribution in [2.45, 2.75) is 25.3 Å². The molecule has 5 heteroatoms. The molecule has 17 heavy (non-hydrogen) atoms. The quantitative estimate of drug-likeness (QED) is 0.720. The number of nitrogens with two attached hydrogens (primary N) is 1. The molecule has 1 aromatic rings. The molecule has 2 heterocycles. The lowest BCUT2D eigenvalue weighted by molar-refractivity contribution is 0.100. The van der Waals surface area contributed by atoms with Crippen molar-refractivity contribution in [3.63, 3.8) is 0 Å². The smallest absolute Gasteiger partial charge is 0.252 e. The van der Waals surface area contributed by atoms with Gasteiger partial charge in [-0.25, -0.2) is 4.98 Å². The van der Waals surface area contributed by atoms with Crippen LogP contribution in [0.4, 0.5) is 5.82 Å². The highest BCUT2D eigenvalue weighted by atomic mass is 16.1. The molecule has 92 valence electrons. The van der Waals surface area contributed by atoms with Gasteiger partial charge in [-0.05, 0) is 31.5 Å². The summed E-state index contributed by atoms with van der Waals surface area (Å²) in [6.45, 7) is 1.96. The third-order valence-corrected chi connectivity index (χ3v) is 2.96. The topological polar surface area (TPSA) is 80.0 Å². The molecule has 1 aliphatic heterocycles. The van der Waals surface area contributed by atoms with E-state index in [1.807, 2.05) is 0 Å². The molecule has 4 N–H and O–H groups in total. The van der Waals surface area contributed by atoms with Gasteiger partial charge in [0.25, 0.3) is 5.91 Å². The van der Waals surface area contributed by atoms with Crippen LogP contribution in [0.3, 0.4) is 0 Å². The number of primary amides is 1. The molecule has 1 atom stereocenters. The van der Waals surface area contributed by atoms with E-state index in [4.69, 9.17) is 5.73 Å². The Morgan fingerprint density at radius 2 is 2.41 bits per heavy atom. The molecule has 0 saturated carbocycles. The number of carbonyl (C=O) groups is 1. The fourth-order valence-electron chi connectivity index (χ4n) is 2.05. The van der Waals surface area contributed by atoms with Crippen molar-refractivity contribution in [2.24, 2.45) is 5.73 Å². The van der Waals surface area contributed by atoms with E-state index in [0.717, 1.165) is 19.5 Å². The highest BCUT2D eigenvalue weighted by molar-refractivity contribution is 5.97. The minimum Gasteiger partial charge on any atom is -0.365 e. The van der Waals surface area contributed by atoms with Crippen LogP contribution in [0.25, 0.3) is 0 Å². The molecule has 1 aliphatic rings. The van der Waals surface area contributed by atoms with E-state index >= 15 is 0 Å². The van der Waals surface area contributed by atoms with E-state index in [1.54, 1.807) is 18.3 Å². The Balaban J connectivity index is 2.09. The van der Waals surface area contributed by atoms with E-state index in [2.05, 4.69) is 15.6 Å². The Bertz CT molecular complexity index is 386. The van der Waals surface area contributed by atoms with Gasteiger partial charge in [0.1, 0.15) is 5.82 Å². The van der Waals surface area contributed by atoms with Crippen LogP contribution in [0.15, 0.2) is 18.3 Å². The number of pyridine rings is 1. The van der Waals surface area contributed by atoms with Gasteiger partial charge in [-0.15, -0.1) is 0 Å². The van der Waals surface area contributed by atoms with Crippen molar-refractivity contribution in [3.8, 4) is 0 Å². The van der Waals surface area contributed by atoms with Crippen LogP contribution >= 0.6 is 0 Å². The highest BCUT2D eigenvalue weighted by Crippen LogP contribution is 2.14. The summed E-state index contributed by atoms with van der Waals surface area (Å²) < 4.78 is 0. The molecular weight excluding hydrogens is 216 g/mol. The van der Waals surface area contributed by atoms with Gasteiger partial charge in [0.2, 0.25) is 0 Å². The molecule has 1 unspecified atom stereocenters. The fraction of sp³-hybridized carbons (Fsp3) is 0.500. The van der Waals surface area contributed by atoms with E-state index in [-0.39, 0.29) is 0 Å². The molecule has 0 aliphatic carbocycles. The maximum atomic E-state index is 11.3. The average Bonchev–Trinajstić information content (AvgIpc) is 2.58. The SMILES string of the molecule is NC(=O)c1cccnc1NC1CCCCNC1. The van der Waals surface area contributed by atoms with Crippen LogP contribution in [0.2, 0.25) is 0 Å². The summed E-state index contributed by atoms with van der Waals surface area (Å²) in [7, 11) is 0. The lowest BCUT2D eigenvalue weighted by Crippen LogP contribution is -2.32. The fourth-order valence-corrected chi connectivity index (χ4v) is 2.05. The first kappa shape index (κ1) is 11.9. The van der Waals surface area contributed by atoms with Crippen LogP contribution in [0.5, 0.6) is 0 Å². The molecule has 0 aromatic carbocycles. The van der Waals surface area contributed by atoms with Crippen molar-refractivity contribution in [3.05, 3.63) is 23.9 Å². The number of amides is 1. The zero-order chi connectivity index (χ0) is 12.1. The molecule has 0 bridgehead atoms. The minimum absolute atomic E-state index is 0.311. The molecule has 0 spiro atoms. The summed E-state index contributed by atoms with van der Waals surface area (Å²) in [5.41, 5.74) is 5.77. The predicted octanol–water partition coefficient (Wildman–Crippen LogP) is 0.734. The van der Waals surface area contributed by atoms with Crippen LogP contribution in [0, 0.1) is 0 Å². The summed E-state index contributed by atoms with van der Waals surface area (Å²) >= 11 is 0. The van der Waals surface area contributed by atoms with Gasteiger partial charge in [0.15, 0.2) is 0 Å². The van der Waals surface area contributed by atoms with Crippen molar-refractivity contribution < 1.29 is 4.79 Å². The monoisotopic (exact) mass is 234 g/mol. The Labute approximate surface area is 101 Å². The van der Waals surface area contributed by atoms with E-state index in [9.17, 15) is 4.79 Å². The van der Waals surface area contributed by atoms with Crippen LogP contribution < -0.4 is 16.4 Å². The van der Waals surface area contributed by atoms with E-state index < -0.39 is 5.91 Å². The number of nitrogens with zero attached hydrogens (tertiary/aromatic N) is 1.